The van der Waals surface area contributed by atoms with Gasteiger partial charge in [-0.15, -0.1) is 0 Å². The second-order valence-electron chi connectivity index (χ2n) is 8.33. The number of amides is 2. The van der Waals surface area contributed by atoms with E-state index in [1.54, 1.807) is 15.7 Å². The Labute approximate surface area is 191 Å². The number of nitrogens with one attached hydrogen (secondary N) is 1. The van der Waals surface area contributed by atoms with Crippen molar-refractivity contribution >= 4 is 28.5 Å². The number of carbonyl (C=O) groups excluding carboxylic acids is 3. The minimum absolute atomic E-state index is 0.0379. The highest BCUT2D eigenvalue weighted by Gasteiger charge is 2.27. The third-order valence-corrected chi connectivity index (χ3v) is 6.11. The molecule has 1 saturated heterocycles. The van der Waals surface area contributed by atoms with Gasteiger partial charge in [0.25, 0.3) is 11.7 Å². The molecule has 0 saturated carbocycles. The molecule has 1 aromatic heterocycles. The van der Waals surface area contributed by atoms with Crippen LogP contribution < -0.4 is 14.8 Å². The van der Waals surface area contributed by atoms with Gasteiger partial charge in [-0.1, -0.05) is 24.3 Å². The van der Waals surface area contributed by atoms with Gasteiger partial charge < -0.3 is 24.3 Å². The third kappa shape index (κ3) is 4.28. The summed E-state index contributed by atoms with van der Waals surface area (Å²) in [5.74, 6) is 0.173. The normalized spacial score (nSPS) is 15.0. The first-order chi connectivity index (χ1) is 16.1. The molecule has 8 heteroatoms. The average Bonchev–Trinajstić information content (AvgIpc) is 3.47. The number of hydrogen-bond acceptors (Lipinski definition) is 5. The van der Waals surface area contributed by atoms with Crippen LogP contribution in [0.15, 0.2) is 48.7 Å². The van der Waals surface area contributed by atoms with Gasteiger partial charge >= 0.3 is 0 Å². The lowest BCUT2D eigenvalue weighted by atomic mass is 10.1. The molecule has 8 nitrogen and oxygen atoms in total. The predicted molar refractivity (Wildman–Crippen MR) is 121 cm³/mol. The second-order valence-corrected chi connectivity index (χ2v) is 8.33. The highest BCUT2D eigenvalue weighted by atomic mass is 16.7. The lowest BCUT2D eigenvalue weighted by Crippen LogP contribution is -2.40. The molecule has 3 heterocycles. The Bertz CT molecular complexity index is 1230. The molecule has 2 aliphatic heterocycles. The second kappa shape index (κ2) is 8.97. The van der Waals surface area contributed by atoms with Crippen LogP contribution in [0.4, 0.5) is 0 Å². The van der Waals surface area contributed by atoms with Gasteiger partial charge in [0.2, 0.25) is 12.7 Å². The Morgan fingerprint density at radius 3 is 2.58 bits per heavy atom. The summed E-state index contributed by atoms with van der Waals surface area (Å²) in [6, 6.07) is 12.9. The topological polar surface area (TPSA) is 89.9 Å². The van der Waals surface area contributed by atoms with E-state index < -0.39 is 11.7 Å². The van der Waals surface area contributed by atoms with Gasteiger partial charge in [-0.2, -0.15) is 0 Å². The molecule has 2 aliphatic rings. The van der Waals surface area contributed by atoms with Crippen LogP contribution in [0.2, 0.25) is 0 Å². The van der Waals surface area contributed by atoms with E-state index >= 15 is 0 Å². The fraction of sp³-hybridized carbons (Fsp3) is 0.320. The molecule has 33 heavy (non-hydrogen) atoms. The van der Waals surface area contributed by atoms with E-state index in [0.29, 0.717) is 42.1 Å². The summed E-state index contributed by atoms with van der Waals surface area (Å²) in [7, 11) is 0. The molecular weight excluding hydrogens is 422 g/mol. The number of aromatic nitrogens is 1. The Balaban J connectivity index is 1.30. The lowest BCUT2D eigenvalue weighted by Gasteiger charge is -2.25. The van der Waals surface area contributed by atoms with Gasteiger partial charge in [-0.3, -0.25) is 14.4 Å². The Morgan fingerprint density at radius 1 is 0.939 bits per heavy atom. The number of likely N-dealkylation sites (tertiary alicyclic amines) is 1. The van der Waals surface area contributed by atoms with Crippen molar-refractivity contribution in [3.05, 3.63) is 59.8 Å². The number of Topliss-reactive ketones (excluding diaryl/α,β-unsaturated/α-hetero) is 1. The Morgan fingerprint density at radius 2 is 1.73 bits per heavy atom. The molecule has 0 aliphatic carbocycles. The van der Waals surface area contributed by atoms with E-state index in [0.717, 1.165) is 30.3 Å². The molecule has 2 amide bonds. The zero-order chi connectivity index (χ0) is 22.8. The first kappa shape index (κ1) is 21.1. The summed E-state index contributed by atoms with van der Waals surface area (Å²) >= 11 is 0. The van der Waals surface area contributed by atoms with E-state index in [9.17, 15) is 14.4 Å². The number of ether oxygens (including phenoxy) is 2. The number of fused-ring (bicyclic) bond motifs is 2. The van der Waals surface area contributed by atoms with Crippen LogP contribution in [-0.4, -0.2) is 46.9 Å². The molecule has 0 unspecified atom stereocenters. The van der Waals surface area contributed by atoms with Crippen LogP contribution in [0.3, 0.4) is 0 Å². The van der Waals surface area contributed by atoms with E-state index in [2.05, 4.69) is 5.32 Å². The average molecular weight is 447 g/mol. The molecule has 5 rings (SSSR count). The Hall–Kier alpha value is -3.81. The van der Waals surface area contributed by atoms with E-state index in [4.69, 9.17) is 9.47 Å². The lowest BCUT2D eigenvalue weighted by molar-refractivity contribution is -0.127. The van der Waals surface area contributed by atoms with Gasteiger partial charge in [-0.25, -0.2) is 0 Å². The van der Waals surface area contributed by atoms with Crippen molar-refractivity contribution in [3.63, 3.8) is 0 Å². The van der Waals surface area contributed by atoms with Crippen molar-refractivity contribution in [1.29, 1.82) is 0 Å². The van der Waals surface area contributed by atoms with Crippen molar-refractivity contribution in [1.82, 2.24) is 14.8 Å². The van der Waals surface area contributed by atoms with Crippen molar-refractivity contribution in [3.8, 4) is 11.5 Å². The molecule has 0 atom stereocenters. The van der Waals surface area contributed by atoms with E-state index in [1.165, 1.54) is 0 Å². The summed E-state index contributed by atoms with van der Waals surface area (Å²) in [5, 5.41) is 3.58. The Kier molecular flexibility index (Phi) is 5.73. The third-order valence-electron chi connectivity index (χ3n) is 6.11. The van der Waals surface area contributed by atoms with Crippen LogP contribution in [-0.2, 0) is 22.7 Å². The predicted octanol–water partition coefficient (Wildman–Crippen LogP) is 2.88. The molecule has 0 spiro atoms. The first-order valence-electron chi connectivity index (χ1n) is 11.2. The minimum atomic E-state index is -0.521. The summed E-state index contributed by atoms with van der Waals surface area (Å²) < 4.78 is 12.4. The zero-order valence-corrected chi connectivity index (χ0v) is 18.2. The van der Waals surface area contributed by atoms with Crippen LogP contribution in [0.1, 0.15) is 35.2 Å². The maximum atomic E-state index is 13.0. The highest BCUT2D eigenvalue weighted by Crippen LogP contribution is 2.32. The van der Waals surface area contributed by atoms with Crippen molar-refractivity contribution in [2.45, 2.75) is 32.4 Å². The number of piperidine rings is 1. The fourth-order valence-corrected chi connectivity index (χ4v) is 4.38. The molecule has 0 bridgehead atoms. The number of nitrogens with zero attached hydrogens (tertiary/aromatic N) is 2. The maximum absolute atomic E-state index is 13.0. The number of benzene rings is 2. The number of carbonyl (C=O) groups is 3. The maximum Gasteiger partial charge on any atom is 0.295 e. The number of rotatable bonds is 6. The molecule has 1 fully saturated rings. The van der Waals surface area contributed by atoms with Crippen LogP contribution >= 0.6 is 0 Å². The summed E-state index contributed by atoms with van der Waals surface area (Å²) in [5.41, 5.74) is 1.98. The quantitative estimate of drug-likeness (QED) is 0.464. The molecule has 1 N–H and O–H groups in total. The number of para-hydroxylation sites is 1. The highest BCUT2D eigenvalue weighted by molar-refractivity contribution is 6.44. The molecule has 0 radical (unpaired) electrons. The molecule has 2 aromatic carbocycles. The monoisotopic (exact) mass is 447 g/mol. The van der Waals surface area contributed by atoms with Crippen LogP contribution in [0.5, 0.6) is 11.5 Å². The van der Waals surface area contributed by atoms with Crippen molar-refractivity contribution in [2.24, 2.45) is 0 Å². The van der Waals surface area contributed by atoms with Gasteiger partial charge in [-0.05, 0) is 43.0 Å². The van der Waals surface area contributed by atoms with Crippen molar-refractivity contribution < 1.29 is 23.9 Å². The van der Waals surface area contributed by atoms with Gasteiger partial charge in [0.1, 0.15) is 6.54 Å². The summed E-state index contributed by atoms with van der Waals surface area (Å²) in [6.07, 6.45) is 4.54. The SMILES string of the molecule is O=C(Cn1cc(C(=O)C(=O)N2CCCCC2)c2ccccc21)NCc1ccc2c(c1)OCO2. The van der Waals surface area contributed by atoms with Gasteiger partial charge in [0, 0.05) is 36.7 Å². The summed E-state index contributed by atoms with van der Waals surface area (Å²) in [4.78, 5) is 40.1. The first-order valence-corrected chi connectivity index (χ1v) is 11.2. The largest absolute Gasteiger partial charge is 0.454 e. The van der Waals surface area contributed by atoms with Gasteiger partial charge in [0.05, 0.1) is 5.56 Å². The van der Waals surface area contributed by atoms with E-state index in [-0.39, 0.29) is 19.2 Å². The van der Waals surface area contributed by atoms with Gasteiger partial charge in [0.15, 0.2) is 11.5 Å². The number of hydrogen-bond donors (Lipinski definition) is 1. The van der Waals surface area contributed by atoms with E-state index in [1.807, 2.05) is 42.5 Å². The zero-order valence-electron chi connectivity index (χ0n) is 18.2. The van der Waals surface area contributed by atoms with Crippen LogP contribution in [0, 0.1) is 0 Å². The standard InChI is InChI=1S/C25H25N3O5/c29-23(26-13-17-8-9-21-22(12-17)33-16-32-21)15-28-14-19(18-6-2-3-7-20(18)28)24(30)25(31)27-10-4-1-5-11-27/h2-3,6-9,12,14H,1,4-5,10-11,13,15-16H2,(H,26,29). The smallest absolute Gasteiger partial charge is 0.295 e. The molecule has 170 valence electrons. The molecular formula is C25H25N3O5. The fourth-order valence-electron chi connectivity index (χ4n) is 4.38. The van der Waals surface area contributed by atoms with Crippen LogP contribution in [0.25, 0.3) is 10.9 Å². The van der Waals surface area contributed by atoms with Crippen molar-refractivity contribution in [2.75, 3.05) is 19.9 Å². The minimum Gasteiger partial charge on any atom is -0.454 e. The molecule has 3 aromatic rings. The number of ketones is 1. The summed E-state index contributed by atoms with van der Waals surface area (Å²) in [6.45, 7) is 1.81.